The van der Waals surface area contributed by atoms with Crippen LogP contribution in [0.2, 0.25) is 0 Å². The fourth-order valence-electron chi connectivity index (χ4n) is 3.99. The van der Waals surface area contributed by atoms with Gasteiger partial charge >= 0.3 is 0 Å². The van der Waals surface area contributed by atoms with Crippen LogP contribution >= 0.6 is 0 Å². The molecule has 1 atom stereocenters. The van der Waals surface area contributed by atoms with Gasteiger partial charge in [-0.15, -0.1) is 0 Å². The van der Waals surface area contributed by atoms with Crippen LogP contribution in [0.5, 0.6) is 0 Å². The lowest BCUT2D eigenvalue weighted by atomic mass is 9.85. The molecule has 0 aromatic rings. The van der Waals surface area contributed by atoms with E-state index in [-0.39, 0.29) is 0 Å². The van der Waals surface area contributed by atoms with Crippen molar-refractivity contribution >= 4 is 0 Å². The van der Waals surface area contributed by atoms with Crippen LogP contribution in [-0.2, 0) is 0 Å². The molecule has 2 rings (SSSR count). The van der Waals surface area contributed by atoms with Crippen LogP contribution in [0.1, 0.15) is 46.0 Å². The molecule has 1 heterocycles. The second-order valence-corrected chi connectivity index (χ2v) is 6.92. The SMILES string of the molecule is CCNCC1(CN2CCCN(C)CC2C)CCCC1. The van der Waals surface area contributed by atoms with E-state index in [0.29, 0.717) is 11.5 Å². The zero-order valence-electron chi connectivity index (χ0n) is 13.2. The van der Waals surface area contributed by atoms with Gasteiger partial charge in [0.25, 0.3) is 0 Å². The Labute approximate surface area is 119 Å². The van der Waals surface area contributed by atoms with E-state index in [1.165, 1.54) is 64.8 Å². The summed E-state index contributed by atoms with van der Waals surface area (Å²) in [5, 5.41) is 3.62. The zero-order valence-corrected chi connectivity index (χ0v) is 13.2. The van der Waals surface area contributed by atoms with Crippen LogP contribution < -0.4 is 5.32 Å². The molecule has 2 fully saturated rings. The van der Waals surface area contributed by atoms with Gasteiger partial charge in [0.15, 0.2) is 0 Å². The molecule has 0 aromatic carbocycles. The predicted octanol–water partition coefficient (Wildman–Crippen LogP) is 2.18. The van der Waals surface area contributed by atoms with Gasteiger partial charge in [0.1, 0.15) is 0 Å². The summed E-state index contributed by atoms with van der Waals surface area (Å²) < 4.78 is 0. The quantitative estimate of drug-likeness (QED) is 0.824. The maximum atomic E-state index is 3.62. The monoisotopic (exact) mass is 267 g/mol. The van der Waals surface area contributed by atoms with Crippen molar-refractivity contribution in [3.8, 4) is 0 Å². The minimum Gasteiger partial charge on any atom is -0.316 e. The van der Waals surface area contributed by atoms with Gasteiger partial charge in [0.2, 0.25) is 0 Å². The number of nitrogens with zero attached hydrogens (tertiary/aromatic N) is 2. The molecule has 3 nitrogen and oxygen atoms in total. The Morgan fingerprint density at radius 2 is 1.89 bits per heavy atom. The topological polar surface area (TPSA) is 18.5 Å². The van der Waals surface area contributed by atoms with Crippen molar-refractivity contribution in [2.45, 2.75) is 52.0 Å². The molecule has 112 valence electrons. The molecule has 2 aliphatic rings. The zero-order chi connectivity index (χ0) is 13.7. The van der Waals surface area contributed by atoms with E-state index in [1.807, 2.05) is 0 Å². The van der Waals surface area contributed by atoms with Gasteiger partial charge < -0.3 is 10.2 Å². The van der Waals surface area contributed by atoms with Crippen LogP contribution in [0.3, 0.4) is 0 Å². The second-order valence-electron chi connectivity index (χ2n) is 6.92. The first kappa shape index (κ1) is 15.3. The summed E-state index contributed by atoms with van der Waals surface area (Å²) >= 11 is 0. The second kappa shape index (κ2) is 7.05. The van der Waals surface area contributed by atoms with E-state index in [9.17, 15) is 0 Å². The van der Waals surface area contributed by atoms with Gasteiger partial charge in [0.05, 0.1) is 0 Å². The standard InChI is InChI=1S/C16H33N3/c1-4-17-13-16(8-5-6-9-16)14-19-11-7-10-18(3)12-15(19)2/h15,17H,4-14H2,1-3H3. The molecular weight excluding hydrogens is 234 g/mol. The Morgan fingerprint density at radius 3 is 2.58 bits per heavy atom. The maximum absolute atomic E-state index is 3.62. The van der Waals surface area contributed by atoms with Crippen molar-refractivity contribution in [1.82, 2.24) is 15.1 Å². The lowest BCUT2D eigenvalue weighted by Gasteiger charge is -2.38. The van der Waals surface area contributed by atoms with Crippen LogP contribution in [-0.4, -0.2) is 62.2 Å². The van der Waals surface area contributed by atoms with E-state index in [1.54, 1.807) is 0 Å². The molecule has 0 aromatic heterocycles. The van der Waals surface area contributed by atoms with Gasteiger partial charge in [-0.2, -0.15) is 0 Å². The summed E-state index contributed by atoms with van der Waals surface area (Å²) in [7, 11) is 2.27. The minimum atomic E-state index is 0.563. The van der Waals surface area contributed by atoms with Gasteiger partial charge in [-0.1, -0.05) is 19.8 Å². The van der Waals surface area contributed by atoms with Crippen LogP contribution in [0, 0.1) is 5.41 Å². The largest absolute Gasteiger partial charge is 0.316 e. The van der Waals surface area contributed by atoms with Crippen molar-refractivity contribution < 1.29 is 0 Å². The summed E-state index contributed by atoms with van der Waals surface area (Å²) in [5.74, 6) is 0. The molecule has 1 saturated heterocycles. The van der Waals surface area contributed by atoms with Gasteiger partial charge in [-0.25, -0.2) is 0 Å². The first-order valence-electron chi connectivity index (χ1n) is 8.28. The van der Waals surface area contributed by atoms with E-state index < -0.39 is 0 Å². The van der Waals surface area contributed by atoms with Crippen molar-refractivity contribution in [2.24, 2.45) is 5.41 Å². The van der Waals surface area contributed by atoms with Crippen molar-refractivity contribution in [1.29, 1.82) is 0 Å². The number of rotatable bonds is 5. The Morgan fingerprint density at radius 1 is 1.16 bits per heavy atom. The Balaban J connectivity index is 1.95. The van der Waals surface area contributed by atoms with Crippen LogP contribution in [0.4, 0.5) is 0 Å². The molecule has 3 heteroatoms. The summed E-state index contributed by atoms with van der Waals surface area (Å²) in [6.07, 6.45) is 7.07. The molecule has 0 amide bonds. The number of likely N-dealkylation sites (N-methyl/N-ethyl adjacent to an activating group) is 1. The van der Waals surface area contributed by atoms with Gasteiger partial charge in [0, 0.05) is 25.7 Å². The Hall–Kier alpha value is -0.120. The maximum Gasteiger partial charge on any atom is 0.0195 e. The third-order valence-electron chi connectivity index (χ3n) is 5.14. The highest BCUT2D eigenvalue weighted by Gasteiger charge is 2.36. The minimum absolute atomic E-state index is 0.563. The average molecular weight is 267 g/mol. The Bertz CT molecular complexity index is 261. The van der Waals surface area contributed by atoms with E-state index in [2.05, 4.69) is 36.0 Å². The fourth-order valence-corrected chi connectivity index (χ4v) is 3.99. The predicted molar refractivity (Wildman–Crippen MR) is 82.6 cm³/mol. The molecule has 0 bridgehead atoms. The van der Waals surface area contributed by atoms with E-state index >= 15 is 0 Å². The van der Waals surface area contributed by atoms with Crippen LogP contribution in [0.15, 0.2) is 0 Å². The molecule has 1 aliphatic heterocycles. The summed E-state index contributed by atoms with van der Waals surface area (Å²) in [5.41, 5.74) is 0.563. The third-order valence-corrected chi connectivity index (χ3v) is 5.14. The third kappa shape index (κ3) is 4.17. The van der Waals surface area contributed by atoms with E-state index in [4.69, 9.17) is 0 Å². The average Bonchev–Trinajstić information content (AvgIpc) is 2.78. The normalized spacial score (nSPS) is 29.5. The number of hydrogen-bond donors (Lipinski definition) is 1. The number of nitrogens with one attached hydrogen (secondary N) is 1. The lowest BCUT2D eigenvalue weighted by molar-refractivity contribution is 0.116. The molecule has 1 N–H and O–H groups in total. The molecule has 1 aliphatic carbocycles. The van der Waals surface area contributed by atoms with Crippen molar-refractivity contribution in [2.75, 3.05) is 46.3 Å². The highest BCUT2D eigenvalue weighted by atomic mass is 15.2. The summed E-state index contributed by atoms with van der Waals surface area (Å²) in [6.45, 7) is 12.1. The van der Waals surface area contributed by atoms with Crippen molar-refractivity contribution in [3.63, 3.8) is 0 Å². The molecule has 1 saturated carbocycles. The molecular formula is C16H33N3. The van der Waals surface area contributed by atoms with Gasteiger partial charge in [-0.3, -0.25) is 4.90 Å². The number of hydrogen-bond acceptors (Lipinski definition) is 3. The molecule has 0 radical (unpaired) electrons. The smallest absolute Gasteiger partial charge is 0.0195 e. The first-order chi connectivity index (χ1) is 9.15. The highest BCUT2D eigenvalue weighted by molar-refractivity contribution is 4.91. The van der Waals surface area contributed by atoms with Crippen molar-refractivity contribution in [3.05, 3.63) is 0 Å². The van der Waals surface area contributed by atoms with Gasteiger partial charge in [-0.05, 0) is 58.3 Å². The first-order valence-corrected chi connectivity index (χ1v) is 8.28. The summed E-state index contributed by atoms with van der Waals surface area (Å²) in [4.78, 5) is 5.27. The van der Waals surface area contributed by atoms with Crippen LogP contribution in [0.25, 0.3) is 0 Å². The van der Waals surface area contributed by atoms with E-state index in [0.717, 1.165) is 6.54 Å². The molecule has 0 spiro atoms. The summed E-state index contributed by atoms with van der Waals surface area (Å²) in [6, 6.07) is 0.714. The lowest BCUT2D eigenvalue weighted by Crippen LogP contribution is -2.47. The Kier molecular flexibility index (Phi) is 5.67. The highest BCUT2D eigenvalue weighted by Crippen LogP contribution is 2.38. The molecule has 19 heavy (non-hydrogen) atoms. The fraction of sp³-hybridized carbons (Fsp3) is 1.00. The molecule has 1 unspecified atom stereocenters.